The topological polar surface area (TPSA) is 50.4 Å². The molecule has 116 valence electrons. The number of amides is 1. The Balaban J connectivity index is 1.85. The number of ether oxygens (including phenoxy) is 1. The van der Waals surface area contributed by atoms with Gasteiger partial charge in [-0.1, -0.05) is 26.0 Å². The number of rotatable bonds is 6. The van der Waals surface area contributed by atoms with Crippen LogP contribution in [0.15, 0.2) is 24.3 Å². The van der Waals surface area contributed by atoms with Crippen LogP contribution in [0, 0.1) is 5.41 Å². The zero-order chi connectivity index (χ0) is 15.5. The van der Waals surface area contributed by atoms with Crippen LogP contribution in [-0.2, 0) is 11.3 Å². The molecule has 1 aliphatic rings. The summed E-state index contributed by atoms with van der Waals surface area (Å²) < 4.78 is 5.75. The normalized spacial score (nSPS) is 23.4. The van der Waals surface area contributed by atoms with Crippen LogP contribution in [0.1, 0.15) is 43.1 Å². The Kier molecular flexibility index (Phi) is 5.01. The largest absolute Gasteiger partial charge is 0.378 e. The highest BCUT2D eigenvalue weighted by atomic mass is 16.5. The van der Waals surface area contributed by atoms with Gasteiger partial charge in [0.25, 0.3) is 5.91 Å². The third-order valence-corrected chi connectivity index (χ3v) is 4.54. The molecule has 0 saturated heterocycles. The van der Waals surface area contributed by atoms with Gasteiger partial charge in [-0.05, 0) is 31.0 Å². The van der Waals surface area contributed by atoms with Crippen LogP contribution in [0.25, 0.3) is 0 Å². The maximum Gasteiger partial charge on any atom is 0.251 e. The fourth-order valence-corrected chi connectivity index (χ4v) is 2.88. The van der Waals surface area contributed by atoms with Crippen molar-refractivity contribution in [2.75, 3.05) is 13.7 Å². The monoisotopic (exact) mass is 290 g/mol. The van der Waals surface area contributed by atoms with Crippen LogP contribution in [0.5, 0.6) is 0 Å². The molecule has 1 saturated carbocycles. The molecule has 2 atom stereocenters. The predicted molar refractivity (Wildman–Crippen MR) is 84.3 cm³/mol. The second kappa shape index (κ2) is 6.58. The SMILES string of the molecule is CCO[C@@H]1C[C@@H](NCc2ccc(C(=O)NC)cc2)C1(C)C. The zero-order valence-corrected chi connectivity index (χ0v) is 13.4. The Morgan fingerprint density at radius 2 is 2.00 bits per heavy atom. The standard InChI is InChI=1S/C17H26N2O2/c1-5-21-15-10-14(17(15,2)3)19-11-12-6-8-13(9-7-12)16(20)18-4/h6-9,14-15,19H,5,10-11H2,1-4H3,(H,18,20)/t14-,15-/m1/s1. The molecule has 21 heavy (non-hydrogen) atoms. The van der Waals surface area contributed by atoms with E-state index in [2.05, 4.69) is 24.5 Å². The Morgan fingerprint density at radius 3 is 2.52 bits per heavy atom. The van der Waals surface area contributed by atoms with Crippen molar-refractivity contribution in [3.63, 3.8) is 0 Å². The number of carbonyl (C=O) groups is 1. The Morgan fingerprint density at radius 1 is 1.33 bits per heavy atom. The first-order valence-electron chi connectivity index (χ1n) is 7.65. The van der Waals surface area contributed by atoms with E-state index in [4.69, 9.17) is 4.74 Å². The van der Waals surface area contributed by atoms with E-state index >= 15 is 0 Å². The summed E-state index contributed by atoms with van der Waals surface area (Å²) in [6, 6.07) is 8.22. The van der Waals surface area contributed by atoms with Gasteiger partial charge in [0, 0.05) is 37.2 Å². The van der Waals surface area contributed by atoms with Gasteiger partial charge in [0.15, 0.2) is 0 Å². The molecule has 1 aromatic carbocycles. The summed E-state index contributed by atoms with van der Waals surface area (Å²) in [5.74, 6) is -0.0470. The number of carbonyl (C=O) groups excluding carboxylic acids is 1. The number of nitrogens with one attached hydrogen (secondary N) is 2. The summed E-state index contributed by atoms with van der Waals surface area (Å²) >= 11 is 0. The van der Waals surface area contributed by atoms with Gasteiger partial charge in [-0.3, -0.25) is 4.79 Å². The summed E-state index contributed by atoms with van der Waals surface area (Å²) in [5.41, 5.74) is 2.07. The number of benzene rings is 1. The van der Waals surface area contributed by atoms with Crippen molar-refractivity contribution in [1.29, 1.82) is 0 Å². The first-order valence-corrected chi connectivity index (χ1v) is 7.65. The van der Waals surface area contributed by atoms with Crippen molar-refractivity contribution in [1.82, 2.24) is 10.6 Å². The smallest absolute Gasteiger partial charge is 0.251 e. The van der Waals surface area contributed by atoms with Crippen molar-refractivity contribution in [2.24, 2.45) is 5.41 Å². The summed E-state index contributed by atoms with van der Waals surface area (Å²) in [6.45, 7) is 8.15. The molecule has 0 aliphatic heterocycles. The minimum absolute atomic E-state index is 0.0470. The fraction of sp³-hybridized carbons (Fsp3) is 0.588. The van der Waals surface area contributed by atoms with Gasteiger partial charge in [-0.2, -0.15) is 0 Å². The molecule has 1 aromatic rings. The first kappa shape index (κ1) is 16.0. The van der Waals surface area contributed by atoms with Gasteiger partial charge in [0.2, 0.25) is 0 Å². The van der Waals surface area contributed by atoms with Crippen LogP contribution in [0.3, 0.4) is 0 Å². The lowest BCUT2D eigenvalue weighted by atomic mass is 9.64. The van der Waals surface area contributed by atoms with Gasteiger partial charge in [-0.25, -0.2) is 0 Å². The lowest BCUT2D eigenvalue weighted by Gasteiger charge is -2.52. The molecule has 0 heterocycles. The van der Waals surface area contributed by atoms with Gasteiger partial charge in [-0.15, -0.1) is 0 Å². The second-order valence-electron chi connectivity index (χ2n) is 6.21. The number of hydrogen-bond donors (Lipinski definition) is 2. The minimum atomic E-state index is -0.0470. The molecule has 0 bridgehead atoms. The Bertz CT molecular complexity index is 482. The van der Waals surface area contributed by atoms with E-state index in [-0.39, 0.29) is 11.3 Å². The average Bonchev–Trinajstić information content (AvgIpc) is 2.50. The molecular weight excluding hydrogens is 264 g/mol. The van der Waals surface area contributed by atoms with E-state index in [0.29, 0.717) is 17.7 Å². The molecule has 2 N–H and O–H groups in total. The summed E-state index contributed by atoms with van der Waals surface area (Å²) in [4.78, 5) is 11.5. The molecule has 1 fully saturated rings. The third kappa shape index (κ3) is 3.44. The van der Waals surface area contributed by atoms with Crippen molar-refractivity contribution < 1.29 is 9.53 Å². The average molecular weight is 290 g/mol. The highest BCUT2D eigenvalue weighted by molar-refractivity contribution is 5.93. The van der Waals surface area contributed by atoms with E-state index in [0.717, 1.165) is 19.6 Å². The number of hydrogen-bond acceptors (Lipinski definition) is 3. The maximum absolute atomic E-state index is 11.5. The molecule has 4 nitrogen and oxygen atoms in total. The molecule has 4 heteroatoms. The maximum atomic E-state index is 11.5. The lowest BCUT2D eigenvalue weighted by molar-refractivity contribution is -0.114. The van der Waals surface area contributed by atoms with Crippen LogP contribution < -0.4 is 10.6 Å². The third-order valence-electron chi connectivity index (χ3n) is 4.54. The molecule has 1 aliphatic carbocycles. The predicted octanol–water partition coefficient (Wildman–Crippen LogP) is 2.34. The zero-order valence-electron chi connectivity index (χ0n) is 13.4. The van der Waals surface area contributed by atoms with E-state index in [9.17, 15) is 4.79 Å². The van der Waals surface area contributed by atoms with Gasteiger partial charge in [0.05, 0.1) is 6.10 Å². The molecule has 0 radical (unpaired) electrons. The van der Waals surface area contributed by atoms with Crippen molar-refractivity contribution in [3.05, 3.63) is 35.4 Å². The summed E-state index contributed by atoms with van der Waals surface area (Å²) in [5, 5.41) is 6.22. The van der Waals surface area contributed by atoms with E-state index in [1.165, 1.54) is 5.56 Å². The van der Waals surface area contributed by atoms with Gasteiger partial charge in [0.1, 0.15) is 0 Å². The molecular formula is C17H26N2O2. The molecule has 0 aromatic heterocycles. The fourth-order valence-electron chi connectivity index (χ4n) is 2.88. The van der Waals surface area contributed by atoms with Crippen LogP contribution in [0.2, 0.25) is 0 Å². The van der Waals surface area contributed by atoms with Gasteiger partial charge < -0.3 is 15.4 Å². The van der Waals surface area contributed by atoms with Crippen molar-refractivity contribution in [2.45, 2.75) is 45.9 Å². The summed E-state index contributed by atoms with van der Waals surface area (Å²) in [7, 11) is 1.64. The second-order valence-corrected chi connectivity index (χ2v) is 6.21. The molecule has 2 rings (SSSR count). The van der Waals surface area contributed by atoms with Crippen molar-refractivity contribution in [3.8, 4) is 0 Å². The highest BCUT2D eigenvalue weighted by Gasteiger charge is 2.48. The minimum Gasteiger partial charge on any atom is -0.378 e. The van der Waals surface area contributed by atoms with E-state index in [1.54, 1.807) is 7.05 Å². The van der Waals surface area contributed by atoms with Crippen molar-refractivity contribution >= 4 is 5.91 Å². The summed E-state index contributed by atoms with van der Waals surface area (Å²) in [6.07, 6.45) is 1.42. The van der Waals surface area contributed by atoms with Gasteiger partial charge >= 0.3 is 0 Å². The Labute approximate surface area is 127 Å². The van der Waals surface area contributed by atoms with E-state index in [1.807, 2.05) is 31.2 Å². The van der Waals surface area contributed by atoms with E-state index < -0.39 is 0 Å². The first-order chi connectivity index (χ1) is 9.98. The molecule has 0 spiro atoms. The van der Waals surface area contributed by atoms with Crippen LogP contribution >= 0.6 is 0 Å². The van der Waals surface area contributed by atoms with Crippen LogP contribution in [0.4, 0.5) is 0 Å². The highest BCUT2D eigenvalue weighted by Crippen LogP contribution is 2.42. The molecule has 1 amide bonds. The quantitative estimate of drug-likeness (QED) is 0.845. The Hall–Kier alpha value is -1.39. The molecule has 0 unspecified atom stereocenters. The van der Waals surface area contributed by atoms with Crippen LogP contribution in [-0.4, -0.2) is 31.7 Å². The lowest BCUT2D eigenvalue weighted by Crippen LogP contribution is -2.60.